The zero-order valence-corrected chi connectivity index (χ0v) is 22.8. The van der Waals surface area contributed by atoms with Crippen molar-refractivity contribution in [2.45, 2.75) is 39.5 Å². The standard InChI is InChI=1S/C30H40N4O4/c1-4-25(23-8-6-5-7-9-23)29(36)33-14-12-32(13-15-33)27-11-10-24(31-28(35)20-22(2)3)21-26(27)30(37)34-16-18-38-19-17-34/h5-11,21-22,25H,4,12-20H2,1-3H3,(H,31,35). The van der Waals surface area contributed by atoms with Gasteiger partial charge in [0.1, 0.15) is 0 Å². The van der Waals surface area contributed by atoms with Gasteiger partial charge in [0.05, 0.1) is 24.7 Å². The molecule has 1 unspecified atom stereocenters. The maximum atomic E-state index is 13.6. The Morgan fingerprint density at radius 1 is 0.895 bits per heavy atom. The number of benzene rings is 2. The Balaban J connectivity index is 1.50. The lowest BCUT2D eigenvalue weighted by Gasteiger charge is -2.38. The first kappa shape index (κ1) is 27.6. The number of anilines is 2. The molecule has 38 heavy (non-hydrogen) atoms. The third kappa shape index (κ3) is 6.72. The molecule has 0 saturated carbocycles. The second kappa shape index (κ2) is 12.9. The molecule has 1 atom stereocenters. The fraction of sp³-hybridized carbons (Fsp3) is 0.500. The van der Waals surface area contributed by atoms with Crippen LogP contribution in [0.1, 0.15) is 55.5 Å². The molecule has 204 valence electrons. The average molecular weight is 521 g/mol. The number of carbonyl (C=O) groups excluding carboxylic acids is 3. The molecule has 0 aliphatic carbocycles. The highest BCUT2D eigenvalue weighted by molar-refractivity contribution is 6.02. The summed E-state index contributed by atoms with van der Waals surface area (Å²) in [5, 5.41) is 2.95. The van der Waals surface area contributed by atoms with Gasteiger partial charge in [-0.1, -0.05) is 51.1 Å². The van der Waals surface area contributed by atoms with Gasteiger partial charge in [0.25, 0.3) is 5.91 Å². The summed E-state index contributed by atoms with van der Waals surface area (Å²) in [4.78, 5) is 45.3. The Bertz CT molecular complexity index is 1110. The number of ether oxygens (including phenoxy) is 1. The zero-order chi connectivity index (χ0) is 27.1. The van der Waals surface area contributed by atoms with Crippen LogP contribution in [-0.2, 0) is 14.3 Å². The summed E-state index contributed by atoms with van der Waals surface area (Å²) >= 11 is 0. The number of nitrogens with zero attached hydrogens (tertiary/aromatic N) is 3. The predicted molar refractivity (Wildman–Crippen MR) is 150 cm³/mol. The summed E-state index contributed by atoms with van der Waals surface area (Å²) in [7, 11) is 0. The van der Waals surface area contributed by atoms with Gasteiger partial charge in [0.2, 0.25) is 11.8 Å². The van der Waals surface area contributed by atoms with Crippen LogP contribution in [-0.4, -0.2) is 80.0 Å². The van der Waals surface area contributed by atoms with Gasteiger partial charge in [-0.3, -0.25) is 14.4 Å². The summed E-state index contributed by atoms with van der Waals surface area (Å²) in [6, 6.07) is 15.6. The Kier molecular flexibility index (Phi) is 9.39. The Morgan fingerprint density at radius 2 is 1.58 bits per heavy atom. The van der Waals surface area contributed by atoms with Crippen molar-refractivity contribution in [1.29, 1.82) is 0 Å². The fourth-order valence-electron chi connectivity index (χ4n) is 5.21. The summed E-state index contributed by atoms with van der Waals surface area (Å²) in [5.41, 5.74) is 3.09. The van der Waals surface area contributed by atoms with Crippen LogP contribution in [0.4, 0.5) is 11.4 Å². The van der Waals surface area contributed by atoms with E-state index in [9.17, 15) is 14.4 Å². The SMILES string of the molecule is CCC(C(=O)N1CCN(c2ccc(NC(=O)CC(C)C)cc2C(=O)N2CCOCC2)CC1)c1ccccc1. The number of nitrogens with one attached hydrogen (secondary N) is 1. The van der Waals surface area contributed by atoms with Gasteiger partial charge in [0, 0.05) is 57.1 Å². The molecular formula is C30H40N4O4. The number of amides is 3. The first-order valence-electron chi connectivity index (χ1n) is 13.8. The van der Waals surface area contributed by atoms with Crippen molar-refractivity contribution < 1.29 is 19.1 Å². The minimum atomic E-state index is -0.144. The minimum absolute atomic E-state index is 0.0584. The molecule has 0 aromatic heterocycles. The number of hydrogen-bond donors (Lipinski definition) is 1. The van der Waals surface area contributed by atoms with Crippen molar-refractivity contribution in [2.24, 2.45) is 5.92 Å². The van der Waals surface area contributed by atoms with Crippen LogP contribution in [0.5, 0.6) is 0 Å². The average Bonchev–Trinajstić information content (AvgIpc) is 2.93. The third-order valence-electron chi connectivity index (χ3n) is 7.24. The van der Waals surface area contributed by atoms with Gasteiger partial charge < -0.3 is 24.8 Å². The van der Waals surface area contributed by atoms with Crippen molar-refractivity contribution in [2.75, 3.05) is 62.7 Å². The van der Waals surface area contributed by atoms with Crippen molar-refractivity contribution >= 4 is 29.1 Å². The van der Waals surface area contributed by atoms with Crippen LogP contribution in [0.25, 0.3) is 0 Å². The van der Waals surface area contributed by atoms with E-state index in [0.717, 1.165) is 17.7 Å². The molecule has 2 heterocycles. The predicted octanol–water partition coefficient (Wildman–Crippen LogP) is 3.99. The van der Waals surface area contributed by atoms with Crippen LogP contribution in [0.15, 0.2) is 48.5 Å². The highest BCUT2D eigenvalue weighted by Gasteiger charge is 2.30. The molecule has 2 fully saturated rings. The smallest absolute Gasteiger partial charge is 0.256 e. The van der Waals surface area contributed by atoms with E-state index >= 15 is 0 Å². The van der Waals surface area contributed by atoms with Gasteiger partial charge in [0.15, 0.2) is 0 Å². The van der Waals surface area contributed by atoms with E-state index in [-0.39, 0.29) is 29.6 Å². The van der Waals surface area contributed by atoms with E-state index in [4.69, 9.17) is 4.74 Å². The molecule has 2 aromatic rings. The van der Waals surface area contributed by atoms with Crippen LogP contribution < -0.4 is 10.2 Å². The molecular weight excluding hydrogens is 480 g/mol. The minimum Gasteiger partial charge on any atom is -0.378 e. The Labute approximate surface area is 225 Å². The molecule has 2 aromatic carbocycles. The summed E-state index contributed by atoms with van der Waals surface area (Å²) in [6.07, 6.45) is 1.18. The van der Waals surface area contributed by atoms with Gasteiger partial charge in [-0.25, -0.2) is 0 Å². The van der Waals surface area contributed by atoms with Gasteiger partial charge in [-0.15, -0.1) is 0 Å². The Hall–Kier alpha value is -3.39. The van der Waals surface area contributed by atoms with Crippen LogP contribution >= 0.6 is 0 Å². The van der Waals surface area contributed by atoms with Gasteiger partial charge >= 0.3 is 0 Å². The monoisotopic (exact) mass is 520 g/mol. The topological polar surface area (TPSA) is 82.2 Å². The van der Waals surface area contributed by atoms with E-state index in [0.29, 0.717) is 70.2 Å². The molecule has 1 N–H and O–H groups in total. The molecule has 8 nitrogen and oxygen atoms in total. The molecule has 2 aliphatic rings. The molecule has 0 radical (unpaired) electrons. The van der Waals surface area contributed by atoms with E-state index in [2.05, 4.69) is 17.1 Å². The maximum absolute atomic E-state index is 13.6. The number of carbonyl (C=O) groups is 3. The van der Waals surface area contributed by atoms with E-state index < -0.39 is 0 Å². The van der Waals surface area contributed by atoms with Gasteiger partial charge in [-0.05, 0) is 36.1 Å². The lowest BCUT2D eigenvalue weighted by molar-refractivity contribution is -0.133. The zero-order valence-electron chi connectivity index (χ0n) is 22.8. The molecule has 0 spiro atoms. The molecule has 4 rings (SSSR count). The normalized spacial score (nSPS) is 16.9. The molecule has 2 aliphatic heterocycles. The van der Waals surface area contributed by atoms with Crippen LogP contribution in [0, 0.1) is 5.92 Å². The van der Waals surface area contributed by atoms with Gasteiger partial charge in [-0.2, -0.15) is 0 Å². The number of rotatable bonds is 8. The fourth-order valence-corrected chi connectivity index (χ4v) is 5.21. The van der Waals surface area contributed by atoms with E-state index in [1.54, 1.807) is 6.07 Å². The number of piperazine rings is 1. The summed E-state index contributed by atoms with van der Waals surface area (Å²) < 4.78 is 5.44. The highest BCUT2D eigenvalue weighted by atomic mass is 16.5. The largest absolute Gasteiger partial charge is 0.378 e. The quantitative estimate of drug-likeness (QED) is 0.569. The highest BCUT2D eigenvalue weighted by Crippen LogP contribution is 2.29. The van der Waals surface area contributed by atoms with Crippen LogP contribution in [0.2, 0.25) is 0 Å². The second-order valence-electron chi connectivity index (χ2n) is 10.5. The molecule has 3 amide bonds. The number of morpholine rings is 1. The van der Waals surface area contributed by atoms with Crippen molar-refractivity contribution in [3.05, 3.63) is 59.7 Å². The van der Waals surface area contributed by atoms with Crippen molar-refractivity contribution in [1.82, 2.24) is 9.80 Å². The lowest BCUT2D eigenvalue weighted by atomic mass is 9.94. The maximum Gasteiger partial charge on any atom is 0.256 e. The van der Waals surface area contributed by atoms with Crippen molar-refractivity contribution in [3.8, 4) is 0 Å². The summed E-state index contributed by atoms with van der Waals surface area (Å²) in [5.74, 6) is 0.142. The second-order valence-corrected chi connectivity index (χ2v) is 10.5. The van der Waals surface area contributed by atoms with Crippen LogP contribution in [0.3, 0.4) is 0 Å². The lowest BCUT2D eigenvalue weighted by Crippen LogP contribution is -2.50. The molecule has 2 saturated heterocycles. The van der Waals surface area contributed by atoms with Crippen molar-refractivity contribution in [3.63, 3.8) is 0 Å². The molecule has 0 bridgehead atoms. The molecule has 8 heteroatoms. The first-order chi connectivity index (χ1) is 18.4. The summed E-state index contributed by atoms with van der Waals surface area (Å²) in [6.45, 7) is 10.7. The first-order valence-corrected chi connectivity index (χ1v) is 13.8. The Morgan fingerprint density at radius 3 is 2.21 bits per heavy atom. The van der Waals surface area contributed by atoms with E-state index in [1.807, 2.05) is 66.1 Å². The third-order valence-corrected chi connectivity index (χ3v) is 7.24. The number of hydrogen-bond acceptors (Lipinski definition) is 5. The van der Waals surface area contributed by atoms with E-state index in [1.165, 1.54) is 0 Å².